The Morgan fingerprint density at radius 2 is 1.62 bits per heavy atom. The minimum absolute atomic E-state index is 0.00540. The average Bonchev–Trinajstić information content (AvgIpc) is 2.05. The molecule has 0 heterocycles. The first-order chi connectivity index (χ1) is 6.05. The molecule has 0 nitrogen and oxygen atoms in total. The van der Waals surface area contributed by atoms with Gasteiger partial charge in [0.2, 0.25) is 0 Å². The fraction of sp³-hybridized carbons (Fsp3) is 0.500. The van der Waals surface area contributed by atoms with Crippen LogP contribution in [0.25, 0.3) is 0 Å². The van der Waals surface area contributed by atoms with E-state index in [4.69, 9.17) is 0 Å². The summed E-state index contributed by atoms with van der Waals surface area (Å²) in [5, 5.41) is 1.97. The summed E-state index contributed by atoms with van der Waals surface area (Å²) in [6, 6.07) is 10.9. The first kappa shape index (κ1) is 10.7. The minimum Gasteiger partial charge on any atom is -0.0701 e. The Labute approximate surface area is 83.1 Å². The minimum atomic E-state index is 0.00540. The monoisotopic (exact) mass is 194 g/mol. The largest absolute Gasteiger partial charge is 0.0701 e. The van der Waals surface area contributed by atoms with E-state index in [0.717, 1.165) is 0 Å². The SMILES string of the molecule is CCP(c1ccccc1)C(C)(C)C. The Morgan fingerprint density at radius 3 is 2.00 bits per heavy atom. The summed E-state index contributed by atoms with van der Waals surface area (Å²) in [6.07, 6.45) is 1.28. The van der Waals surface area contributed by atoms with E-state index in [1.54, 1.807) is 0 Å². The van der Waals surface area contributed by atoms with Gasteiger partial charge < -0.3 is 0 Å². The number of benzene rings is 1. The Bertz CT molecular complexity index is 246. The highest BCUT2D eigenvalue weighted by Gasteiger charge is 2.23. The van der Waals surface area contributed by atoms with E-state index >= 15 is 0 Å². The third-order valence-electron chi connectivity index (χ3n) is 2.19. The third-order valence-corrected chi connectivity index (χ3v) is 5.37. The highest BCUT2D eigenvalue weighted by atomic mass is 31.1. The van der Waals surface area contributed by atoms with Crippen LogP contribution < -0.4 is 5.30 Å². The molecular weight excluding hydrogens is 175 g/mol. The highest BCUT2D eigenvalue weighted by Crippen LogP contribution is 2.47. The summed E-state index contributed by atoms with van der Waals surface area (Å²) < 4.78 is 0. The molecule has 72 valence electrons. The summed E-state index contributed by atoms with van der Waals surface area (Å²) in [4.78, 5) is 0. The first-order valence-electron chi connectivity index (χ1n) is 4.88. The van der Waals surface area contributed by atoms with Gasteiger partial charge in [0.1, 0.15) is 0 Å². The quantitative estimate of drug-likeness (QED) is 0.631. The molecule has 0 aromatic heterocycles. The van der Waals surface area contributed by atoms with Crippen LogP contribution in [0.15, 0.2) is 30.3 Å². The van der Waals surface area contributed by atoms with Gasteiger partial charge in [-0.25, -0.2) is 0 Å². The molecule has 13 heavy (non-hydrogen) atoms. The fourth-order valence-corrected chi connectivity index (χ4v) is 4.27. The molecule has 1 aromatic carbocycles. The standard InChI is InChI=1S/C12H19P/c1-5-13(12(2,3)4)11-9-7-6-8-10-11/h6-10H,5H2,1-4H3. The fourth-order valence-electron chi connectivity index (χ4n) is 1.65. The summed E-state index contributed by atoms with van der Waals surface area (Å²) in [5.41, 5.74) is 0. The molecule has 1 rings (SSSR count). The van der Waals surface area contributed by atoms with Crippen molar-refractivity contribution >= 4 is 13.2 Å². The second-order valence-corrected chi connectivity index (χ2v) is 7.60. The van der Waals surface area contributed by atoms with Gasteiger partial charge in [0, 0.05) is 0 Å². The zero-order valence-electron chi connectivity index (χ0n) is 9.04. The van der Waals surface area contributed by atoms with Gasteiger partial charge in [-0.05, 0) is 16.6 Å². The lowest BCUT2D eigenvalue weighted by atomic mass is 10.3. The van der Waals surface area contributed by atoms with Crippen LogP contribution in [0, 0.1) is 0 Å². The lowest BCUT2D eigenvalue weighted by Crippen LogP contribution is -2.20. The number of rotatable bonds is 2. The predicted octanol–water partition coefficient (Wildman–Crippen LogP) is 3.61. The Balaban J connectivity index is 2.92. The average molecular weight is 194 g/mol. The molecule has 0 spiro atoms. The Kier molecular flexibility index (Phi) is 3.50. The van der Waals surface area contributed by atoms with Gasteiger partial charge in [-0.2, -0.15) is 0 Å². The second-order valence-electron chi connectivity index (χ2n) is 4.25. The van der Waals surface area contributed by atoms with Crippen molar-refractivity contribution in [2.24, 2.45) is 0 Å². The first-order valence-corrected chi connectivity index (χ1v) is 6.41. The highest BCUT2D eigenvalue weighted by molar-refractivity contribution is 7.67. The molecule has 0 fully saturated rings. The van der Waals surface area contributed by atoms with Crippen LogP contribution in [0.1, 0.15) is 27.7 Å². The summed E-state index contributed by atoms with van der Waals surface area (Å²) in [5.74, 6) is 0. The van der Waals surface area contributed by atoms with Crippen molar-refractivity contribution in [3.05, 3.63) is 30.3 Å². The van der Waals surface area contributed by atoms with E-state index in [1.807, 2.05) is 0 Å². The van der Waals surface area contributed by atoms with Crippen molar-refractivity contribution in [3.8, 4) is 0 Å². The van der Waals surface area contributed by atoms with E-state index in [2.05, 4.69) is 58.0 Å². The molecule has 0 aliphatic rings. The van der Waals surface area contributed by atoms with Gasteiger partial charge >= 0.3 is 0 Å². The molecule has 1 heteroatoms. The summed E-state index contributed by atoms with van der Waals surface area (Å²) >= 11 is 0. The zero-order valence-corrected chi connectivity index (χ0v) is 9.94. The smallest absolute Gasteiger partial charge is 0.0139 e. The van der Waals surface area contributed by atoms with E-state index in [-0.39, 0.29) is 7.92 Å². The molecule has 0 aliphatic carbocycles. The normalized spacial score (nSPS) is 14.2. The zero-order chi connectivity index (χ0) is 9.90. The molecule has 1 atom stereocenters. The number of hydrogen-bond acceptors (Lipinski definition) is 0. The molecule has 0 saturated heterocycles. The molecule has 0 aliphatic heterocycles. The van der Waals surface area contributed by atoms with Crippen molar-refractivity contribution in [3.63, 3.8) is 0 Å². The third kappa shape index (κ3) is 2.81. The van der Waals surface area contributed by atoms with Gasteiger partial charge in [0.05, 0.1) is 0 Å². The van der Waals surface area contributed by atoms with Crippen LogP contribution in [0.5, 0.6) is 0 Å². The number of hydrogen-bond donors (Lipinski definition) is 0. The molecule has 0 amide bonds. The summed E-state index contributed by atoms with van der Waals surface area (Å²) in [6.45, 7) is 9.32. The summed E-state index contributed by atoms with van der Waals surface area (Å²) in [7, 11) is 0.00540. The van der Waals surface area contributed by atoms with Gasteiger partial charge in [-0.15, -0.1) is 0 Å². The van der Waals surface area contributed by atoms with Gasteiger partial charge in [0.25, 0.3) is 0 Å². The van der Waals surface area contributed by atoms with Crippen molar-refractivity contribution in [2.75, 3.05) is 6.16 Å². The predicted molar refractivity (Wildman–Crippen MR) is 63.3 cm³/mol. The molecule has 0 bridgehead atoms. The lowest BCUT2D eigenvalue weighted by Gasteiger charge is -2.30. The second kappa shape index (κ2) is 4.24. The lowest BCUT2D eigenvalue weighted by molar-refractivity contribution is 0.787. The Morgan fingerprint density at radius 1 is 1.08 bits per heavy atom. The van der Waals surface area contributed by atoms with Gasteiger partial charge in [-0.1, -0.05) is 65.9 Å². The van der Waals surface area contributed by atoms with E-state index in [0.29, 0.717) is 5.16 Å². The molecular formula is C12H19P. The van der Waals surface area contributed by atoms with E-state index in [9.17, 15) is 0 Å². The maximum Gasteiger partial charge on any atom is -0.0139 e. The van der Waals surface area contributed by atoms with Crippen LogP contribution in [-0.2, 0) is 0 Å². The van der Waals surface area contributed by atoms with Crippen molar-refractivity contribution < 1.29 is 0 Å². The molecule has 0 saturated carbocycles. The van der Waals surface area contributed by atoms with Gasteiger partial charge in [-0.3, -0.25) is 0 Å². The van der Waals surface area contributed by atoms with Crippen LogP contribution >= 0.6 is 7.92 Å². The van der Waals surface area contributed by atoms with E-state index < -0.39 is 0 Å². The van der Waals surface area contributed by atoms with Crippen LogP contribution in [-0.4, -0.2) is 11.3 Å². The molecule has 1 aromatic rings. The van der Waals surface area contributed by atoms with Crippen molar-refractivity contribution in [1.82, 2.24) is 0 Å². The van der Waals surface area contributed by atoms with Crippen LogP contribution in [0.2, 0.25) is 0 Å². The van der Waals surface area contributed by atoms with Gasteiger partial charge in [0.15, 0.2) is 0 Å². The Hall–Kier alpha value is -0.350. The maximum absolute atomic E-state index is 2.34. The van der Waals surface area contributed by atoms with E-state index in [1.165, 1.54) is 11.5 Å². The molecule has 0 N–H and O–H groups in total. The maximum atomic E-state index is 2.34. The topological polar surface area (TPSA) is 0 Å². The van der Waals surface area contributed by atoms with Crippen molar-refractivity contribution in [1.29, 1.82) is 0 Å². The van der Waals surface area contributed by atoms with Crippen molar-refractivity contribution in [2.45, 2.75) is 32.9 Å². The van der Waals surface area contributed by atoms with Crippen LogP contribution in [0.3, 0.4) is 0 Å². The van der Waals surface area contributed by atoms with Crippen LogP contribution in [0.4, 0.5) is 0 Å². The molecule has 0 radical (unpaired) electrons. The molecule has 1 unspecified atom stereocenters.